The maximum absolute atomic E-state index is 12.0. The van der Waals surface area contributed by atoms with Crippen LogP contribution in [0.1, 0.15) is 13.8 Å². The summed E-state index contributed by atoms with van der Waals surface area (Å²) in [6, 6.07) is -1.59. The fourth-order valence-corrected chi connectivity index (χ4v) is 6.60. The standard InChI is InChI=1S/C26H45NO23S/c1-6-12(32)16(36)17(37)24(43-6)49-22-21(48-25-18(38)20(50-51(40,41)42)14(34)9(4-29)45-25)15(35)10(5-30)46-26(22)47-19-11(27-7(2)31)23(39)44-8(3-28)13(19)33/h6,8-26,28-30,32-39H,3-5H2,1-2H3,(H,27,31)(H,40,41,42)/t6-,8+,9+,10+,11+,12+,13-,14-,15-,16+,17-,18+,19+,20-,21-,22+,23?,24-,25-,26-/m0/s1. The second-order valence-corrected chi connectivity index (χ2v) is 13.4. The lowest BCUT2D eigenvalue weighted by molar-refractivity contribution is -0.400. The average molecular weight is 772 g/mol. The molecule has 4 aliphatic rings. The van der Waals surface area contributed by atoms with Crippen LogP contribution in [-0.4, -0.2) is 218 Å². The predicted octanol–water partition coefficient (Wildman–Crippen LogP) is -8.75. The first kappa shape index (κ1) is 42.4. The van der Waals surface area contributed by atoms with Crippen LogP contribution < -0.4 is 5.32 Å². The Morgan fingerprint density at radius 2 is 1.08 bits per heavy atom. The molecule has 0 aromatic heterocycles. The van der Waals surface area contributed by atoms with Gasteiger partial charge in [-0.1, -0.05) is 0 Å². The molecule has 4 fully saturated rings. The summed E-state index contributed by atoms with van der Waals surface area (Å²) in [6.45, 7) is -0.580. The lowest BCUT2D eigenvalue weighted by Gasteiger charge is -2.50. The van der Waals surface area contributed by atoms with Crippen LogP contribution in [0.5, 0.6) is 0 Å². The minimum Gasteiger partial charge on any atom is -0.394 e. The number of nitrogens with one attached hydrogen (secondary N) is 1. The molecular weight excluding hydrogens is 726 g/mol. The van der Waals surface area contributed by atoms with E-state index in [2.05, 4.69) is 9.50 Å². The molecule has 1 unspecified atom stereocenters. The van der Waals surface area contributed by atoms with Crippen LogP contribution >= 0.6 is 0 Å². The first-order valence-corrected chi connectivity index (χ1v) is 17.0. The molecule has 4 saturated heterocycles. The van der Waals surface area contributed by atoms with Crippen LogP contribution in [0, 0.1) is 0 Å². The highest BCUT2D eigenvalue weighted by Gasteiger charge is 2.57. The van der Waals surface area contributed by atoms with Gasteiger partial charge < -0.3 is 94.6 Å². The highest BCUT2D eigenvalue weighted by Crippen LogP contribution is 2.36. The van der Waals surface area contributed by atoms with E-state index in [0.717, 1.165) is 6.92 Å². The molecule has 24 nitrogen and oxygen atoms in total. The second kappa shape index (κ2) is 17.4. The Balaban J connectivity index is 1.76. The van der Waals surface area contributed by atoms with E-state index in [1.54, 1.807) is 0 Å². The van der Waals surface area contributed by atoms with E-state index in [-0.39, 0.29) is 0 Å². The van der Waals surface area contributed by atoms with E-state index in [0.29, 0.717) is 0 Å². The van der Waals surface area contributed by atoms with E-state index in [4.69, 9.17) is 33.2 Å². The zero-order valence-corrected chi connectivity index (χ0v) is 27.8. The monoisotopic (exact) mass is 771 g/mol. The van der Waals surface area contributed by atoms with Crippen LogP contribution in [0.3, 0.4) is 0 Å². The van der Waals surface area contributed by atoms with Gasteiger partial charge in [-0.05, 0) is 6.92 Å². The first-order chi connectivity index (χ1) is 23.8. The zero-order valence-electron chi connectivity index (χ0n) is 26.9. The number of hydrogen-bond acceptors (Lipinski definition) is 22. The van der Waals surface area contributed by atoms with Crippen molar-refractivity contribution >= 4 is 16.3 Å². The molecule has 0 aromatic carbocycles. The number of carbonyl (C=O) groups is 1. The Hall–Kier alpha value is -1.38. The van der Waals surface area contributed by atoms with Gasteiger partial charge in [0, 0.05) is 6.92 Å². The molecule has 298 valence electrons. The van der Waals surface area contributed by atoms with Crippen molar-refractivity contribution in [3.8, 4) is 0 Å². The summed E-state index contributed by atoms with van der Waals surface area (Å²) in [5, 5.41) is 118. The van der Waals surface area contributed by atoms with Gasteiger partial charge in [0.15, 0.2) is 25.2 Å². The number of hydrogen-bond donors (Lipinski definition) is 13. The SMILES string of the molecule is CC(=O)N[C@H]1C(O)O[C@H](CO)[C@H](O)[C@@H]1O[C@@H]1O[C@H](CO)[C@H](O)[C@H](O[C@@H]2O[C@H](CO)[C@H](O)[C@H](OS(=O)(=O)O)[C@H]2O)[C@H]1O[C@@H]1O[C@@H](C)[C@@H](O)[C@@H](O)[C@@H]1O. The lowest BCUT2D eigenvalue weighted by Crippen LogP contribution is -2.70. The number of ether oxygens (including phenoxy) is 7. The largest absolute Gasteiger partial charge is 0.397 e. The third kappa shape index (κ3) is 9.47. The van der Waals surface area contributed by atoms with Gasteiger partial charge in [-0.15, -0.1) is 0 Å². The van der Waals surface area contributed by atoms with Gasteiger partial charge in [0.05, 0.1) is 25.9 Å². The molecule has 0 spiro atoms. The summed E-state index contributed by atoms with van der Waals surface area (Å²) in [5.41, 5.74) is 0. The Morgan fingerprint density at radius 3 is 1.63 bits per heavy atom. The fourth-order valence-electron chi connectivity index (χ4n) is 6.10. The molecular formula is C26H45NO23S. The number of aliphatic hydroxyl groups excluding tert-OH is 11. The summed E-state index contributed by atoms with van der Waals surface area (Å²) in [7, 11) is -5.36. The number of aliphatic hydroxyl groups is 11. The van der Waals surface area contributed by atoms with Gasteiger partial charge in [0.25, 0.3) is 0 Å². The highest BCUT2D eigenvalue weighted by atomic mass is 32.3. The van der Waals surface area contributed by atoms with Crippen molar-refractivity contribution < 1.29 is 111 Å². The summed E-state index contributed by atoms with van der Waals surface area (Å²) >= 11 is 0. The quantitative estimate of drug-likeness (QED) is 0.0819. The smallest absolute Gasteiger partial charge is 0.394 e. The third-order valence-electron chi connectivity index (χ3n) is 8.78. The lowest BCUT2D eigenvalue weighted by atomic mass is 9.94. The van der Waals surface area contributed by atoms with Gasteiger partial charge in [0.1, 0.15) is 91.5 Å². The van der Waals surface area contributed by atoms with Crippen molar-refractivity contribution in [2.75, 3.05) is 19.8 Å². The number of carbonyl (C=O) groups excluding carboxylic acids is 1. The Bertz CT molecular complexity index is 1250. The van der Waals surface area contributed by atoms with Crippen LogP contribution in [0.4, 0.5) is 0 Å². The highest BCUT2D eigenvalue weighted by molar-refractivity contribution is 7.80. The predicted molar refractivity (Wildman–Crippen MR) is 154 cm³/mol. The molecule has 0 bridgehead atoms. The van der Waals surface area contributed by atoms with E-state index < -0.39 is 159 Å². The van der Waals surface area contributed by atoms with Gasteiger partial charge >= 0.3 is 10.4 Å². The van der Waals surface area contributed by atoms with Crippen LogP contribution in [0.15, 0.2) is 0 Å². The van der Waals surface area contributed by atoms with Crippen LogP contribution in [-0.2, 0) is 52.5 Å². The van der Waals surface area contributed by atoms with E-state index >= 15 is 0 Å². The van der Waals surface area contributed by atoms with Crippen molar-refractivity contribution in [2.24, 2.45) is 0 Å². The molecule has 25 heteroatoms. The van der Waals surface area contributed by atoms with Gasteiger partial charge in [0.2, 0.25) is 5.91 Å². The number of amides is 1. The van der Waals surface area contributed by atoms with Crippen molar-refractivity contribution in [2.45, 2.75) is 137 Å². The van der Waals surface area contributed by atoms with Crippen molar-refractivity contribution in [3.05, 3.63) is 0 Å². The summed E-state index contributed by atoms with van der Waals surface area (Å²) in [6.07, 6.45) is -36.1. The molecule has 0 aliphatic carbocycles. The van der Waals surface area contributed by atoms with Crippen molar-refractivity contribution in [1.82, 2.24) is 5.32 Å². The average Bonchev–Trinajstić information content (AvgIpc) is 3.06. The summed E-state index contributed by atoms with van der Waals surface area (Å²) < 4.78 is 76.0. The molecule has 4 rings (SSSR count). The molecule has 1 amide bonds. The molecule has 0 radical (unpaired) electrons. The fraction of sp³-hybridized carbons (Fsp3) is 0.962. The minimum absolute atomic E-state index is 0.751. The van der Waals surface area contributed by atoms with Crippen LogP contribution in [0.25, 0.3) is 0 Å². The summed E-state index contributed by atoms with van der Waals surface area (Å²) in [4.78, 5) is 12.0. The van der Waals surface area contributed by atoms with E-state index in [9.17, 15) is 73.9 Å². The Morgan fingerprint density at radius 1 is 0.608 bits per heavy atom. The molecule has 51 heavy (non-hydrogen) atoms. The van der Waals surface area contributed by atoms with Crippen molar-refractivity contribution in [3.63, 3.8) is 0 Å². The second-order valence-electron chi connectivity index (χ2n) is 12.4. The minimum atomic E-state index is -5.36. The van der Waals surface area contributed by atoms with Gasteiger partial charge in [-0.2, -0.15) is 8.42 Å². The molecule has 4 aliphatic heterocycles. The van der Waals surface area contributed by atoms with E-state index in [1.165, 1.54) is 6.92 Å². The van der Waals surface area contributed by atoms with E-state index in [1.807, 2.05) is 0 Å². The number of rotatable bonds is 12. The zero-order chi connectivity index (χ0) is 38.1. The normalized spacial score (nSPS) is 48.3. The molecule has 4 heterocycles. The maximum atomic E-state index is 12.0. The summed E-state index contributed by atoms with van der Waals surface area (Å²) in [5.74, 6) is -0.751. The molecule has 0 saturated carbocycles. The first-order valence-electron chi connectivity index (χ1n) is 15.6. The van der Waals surface area contributed by atoms with Crippen LogP contribution in [0.2, 0.25) is 0 Å². The Kier molecular flexibility index (Phi) is 14.4. The maximum Gasteiger partial charge on any atom is 0.397 e. The molecule has 0 aromatic rings. The van der Waals surface area contributed by atoms with Gasteiger partial charge in [-0.3, -0.25) is 9.35 Å². The third-order valence-corrected chi connectivity index (χ3v) is 9.24. The Labute approximate surface area is 289 Å². The van der Waals surface area contributed by atoms with Gasteiger partial charge in [-0.25, -0.2) is 4.18 Å². The topological polar surface area (TPSA) is 380 Å². The van der Waals surface area contributed by atoms with Crippen molar-refractivity contribution in [1.29, 1.82) is 0 Å². The molecule has 13 N–H and O–H groups in total. The molecule has 20 atom stereocenters.